The van der Waals surface area contributed by atoms with E-state index in [1.165, 1.54) is 4.90 Å². The molecule has 0 unspecified atom stereocenters. The number of carbonyl (C=O) groups excluding carboxylic acids is 2. The van der Waals surface area contributed by atoms with Gasteiger partial charge >= 0.3 is 0 Å². The molecular formula is C17H13Cl2NO2. The SMILES string of the molecule is CC[C@H](c1ccc(Cl)c(Cl)c1)N1C(=O)c2ccccc2C1=O. The van der Waals surface area contributed by atoms with Gasteiger partial charge in [-0.25, -0.2) is 0 Å². The summed E-state index contributed by atoms with van der Waals surface area (Å²) in [5.74, 6) is -0.531. The Kier molecular flexibility index (Phi) is 3.94. The van der Waals surface area contributed by atoms with Crippen molar-refractivity contribution in [1.29, 1.82) is 0 Å². The number of hydrogen-bond acceptors (Lipinski definition) is 2. The Hall–Kier alpha value is -1.84. The number of carbonyl (C=O) groups is 2. The molecule has 1 aliphatic rings. The molecule has 5 heteroatoms. The Morgan fingerprint density at radius 3 is 2.05 bits per heavy atom. The van der Waals surface area contributed by atoms with Crippen molar-refractivity contribution in [3.63, 3.8) is 0 Å². The van der Waals surface area contributed by atoms with Gasteiger partial charge in [-0.15, -0.1) is 0 Å². The van der Waals surface area contributed by atoms with E-state index in [1.54, 1.807) is 42.5 Å². The minimum absolute atomic E-state index is 0.265. The third-order valence-electron chi connectivity index (χ3n) is 3.85. The van der Waals surface area contributed by atoms with E-state index in [4.69, 9.17) is 23.2 Å². The molecular weight excluding hydrogens is 321 g/mol. The van der Waals surface area contributed by atoms with Gasteiger partial charge < -0.3 is 0 Å². The Morgan fingerprint density at radius 1 is 0.955 bits per heavy atom. The smallest absolute Gasteiger partial charge is 0.262 e. The van der Waals surface area contributed by atoms with Crippen LogP contribution in [0.4, 0.5) is 0 Å². The minimum atomic E-state index is -0.359. The van der Waals surface area contributed by atoms with Gasteiger partial charge in [0, 0.05) is 0 Å². The Morgan fingerprint density at radius 2 is 1.55 bits per heavy atom. The number of rotatable bonds is 3. The molecule has 3 nitrogen and oxygen atoms in total. The Bertz CT molecular complexity index is 738. The molecule has 1 heterocycles. The van der Waals surface area contributed by atoms with Gasteiger partial charge in [-0.3, -0.25) is 14.5 Å². The molecule has 22 heavy (non-hydrogen) atoms. The zero-order chi connectivity index (χ0) is 15.9. The highest BCUT2D eigenvalue weighted by Gasteiger charge is 2.39. The minimum Gasteiger partial charge on any atom is -0.269 e. The number of fused-ring (bicyclic) bond motifs is 1. The van der Waals surface area contributed by atoms with Gasteiger partial charge in [0.05, 0.1) is 27.2 Å². The monoisotopic (exact) mass is 333 g/mol. The molecule has 1 atom stereocenters. The van der Waals surface area contributed by atoms with Crippen molar-refractivity contribution in [3.8, 4) is 0 Å². The number of hydrogen-bond donors (Lipinski definition) is 0. The van der Waals surface area contributed by atoms with Crippen molar-refractivity contribution in [2.24, 2.45) is 0 Å². The van der Waals surface area contributed by atoms with Crippen molar-refractivity contribution < 1.29 is 9.59 Å². The first-order valence-corrected chi connectivity index (χ1v) is 7.72. The van der Waals surface area contributed by atoms with Crippen molar-refractivity contribution in [2.75, 3.05) is 0 Å². The maximum atomic E-state index is 12.6. The summed E-state index contributed by atoms with van der Waals surface area (Å²) in [5, 5.41) is 0.858. The molecule has 0 aromatic heterocycles. The highest BCUT2D eigenvalue weighted by molar-refractivity contribution is 6.42. The fourth-order valence-corrected chi connectivity index (χ4v) is 3.08. The molecule has 0 radical (unpaired) electrons. The van der Waals surface area contributed by atoms with E-state index >= 15 is 0 Å². The highest BCUT2D eigenvalue weighted by Crippen LogP contribution is 2.35. The predicted molar refractivity (Wildman–Crippen MR) is 86.4 cm³/mol. The second kappa shape index (κ2) is 5.75. The van der Waals surface area contributed by atoms with Crippen LogP contribution in [0.5, 0.6) is 0 Å². The van der Waals surface area contributed by atoms with Gasteiger partial charge in [0.1, 0.15) is 0 Å². The summed E-state index contributed by atoms with van der Waals surface area (Å²) >= 11 is 12.0. The van der Waals surface area contributed by atoms with Crippen LogP contribution < -0.4 is 0 Å². The number of nitrogens with zero attached hydrogens (tertiary/aromatic N) is 1. The van der Waals surface area contributed by atoms with E-state index < -0.39 is 0 Å². The van der Waals surface area contributed by atoms with Crippen molar-refractivity contribution >= 4 is 35.0 Å². The van der Waals surface area contributed by atoms with Crippen LogP contribution in [-0.4, -0.2) is 16.7 Å². The van der Waals surface area contributed by atoms with Crippen LogP contribution in [0, 0.1) is 0 Å². The summed E-state index contributed by atoms with van der Waals surface area (Å²) < 4.78 is 0. The number of benzene rings is 2. The molecule has 0 N–H and O–H groups in total. The van der Waals surface area contributed by atoms with Gasteiger partial charge in [-0.05, 0) is 36.2 Å². The van der Waals surface area contributed by atoms with Crippen LogP contribution in [0.2, 0.25) is 10.0 Å². The number of halogens is 2. The van der Waals surface area contributed by atoms with Crippen LogP contribution >= 0.6 is 23.2 Å². The molecule has 1 aliphatic heterocycles. The first-order valence-electron chi connectivity index (χ1n) is 6.96. The summed E-state index contributed by atoms with van der Waals surface area (Å²) in [6.45, 7) is 1.93. The summed E-state index contributed by atoms with van der Waals surface area (Å²) in [5.41, 5.74) is 1.70. The first kappa shape index (κ1) is 15.1. The van der Waals surface area contributed by atoms with Crippen molar-refractivity contribution in [2.45, 2.75) is 19.4 Å². The summed E-state index contributed by atoms with van der Waals surface area (Å²) in [6, 6.07) is 11.7. The molecule has 0 spiro atoms. The predicted octanol–water partition coefficient (Wildman–Crippen LogP) is 4.74. The third kappa shape index (κ3) is 2.31. The van der Waals surface area contributed by atoms with Crippen LogP contribution in [0.1, 0.15) is 45.7 Å². The van der Waals surface area contributed by atoms with E-state index in [-0.39, 0.29) is 17.9 Å². The molecule has 0 aliphatic carbocycles. The number of amides is 2. The molecule has 112 valence electrons. The van der Waals surface area contributed by atoms with Gasteiger partial charge in [0.25, 0.3) is 11.8 Å². The average Bonchev–Trinajstić information content (AvgIpc) is 2.77. The molecule has 0 saturated carbocycles. The van der Waals surface area contributed by atoms with Gasteiger partial charge in [-0.1, -0.05) is 48.3 Å². The molecule has 0 fully saturated rings. The van der Waals surface area contributed by atoms with Crippen LogP contribution in [-0.2, 0) is 0 Å². The third-order valence-corrected chi connectivity index (χ3v) is 4.59. The quantitative estimate of drug-likeness (QED) is 0.760. The Balaban J connectivity index is 2.04. The van der Waals surface area contributed by atoms with Crippen LogP contribution in [0.25, 0.3) is 0 Å². The topological polar surface area (TPSA) is 37.4 Å². The molecule has 0 saturated heterocycles. The zero-order valence-corrected chi connectivity index (χ0v) is 13.4. The summed E-state index contributed by atoms with van der Waals surface area (Å²) in [6.07, 6.45) is 0.601. The van der Waals surface area contributed by atoms with Gasteiger partial charge in [0.2, 0.25) is 0 Å². The van der Waals surface area contributed by atoms with E-state index in [2.05, 4.69) is 0 Å². The molecule has 2 aromatic rings. The number of imide groups is 1. The van der Waals surface area contributed by atoms with E-state index in [1.807, 2.05) is 6.92 Å². The van der Waals surface area contributed by atoms with E-state index in [9.17, 15) is 9.59 Å². The standard InChI is InChI=1S/C17H13Cl2NO2/c1-2-15(10-7-8-13(18)14(19)9-10)20-16(21)11-5-3-4-6-12(11)17(20)22/h3-9,15H,2H2,1H3/t15-/m1/s1. The average molecular weight is 334 g/mol. The maximum absolute atomic E-state index is 12.6. The molecule has 2 amide bonds. The van der Waals surface area contributed by atoms with E-state index in [0.717, 1.165) is 5.56 Å². The van der Waals surface area contributed by atoms with E-state index in [0.29, 0.717) is 27.6 Å². The zero-order valence-electron chi connectivity index (χ0n) is 11.8. The van der Waals surface area contributed by atoms with Crippen molar-refractivity contribution in [1.82, 2.24) is 4.90 Å². The lowest BCUT2D eigenvalue weighted by atomic mass is 10.0. The van der Waals surface area contributed by atoms with Crippen molar-refractivity contribution in [3.05, 3.63) is 69.2 Å². The highest BCUT2D eigenvalue weighted by atomic mass is 35.5. The fraction of sp³-hybridized carbons (Fsp3) is 0.176. The fourth-order valence-electron chi connectivity index (χ4n) is 2.78. The van der Waals surface area contributed by atoms with Gasteiger partial charge in [0.15, 0.2) is 0 Å². The summed E-state index contributed by atoms with van der Waals surface area (Å²) in [4.78, 5) is 26.5. The molecule has 3 rings (SSSR count). The lowest BCUT2D eigenvalue weighted by Crippen LogP contribution is -2.33. The molecule has 2 aromatic carbocycles. The van der Waals surface area contributed by atoms with Crippen LogP contribution in [0.15, 0.2) is 42.5 Å². The lowest BCUT2D eigenvalue weighted by Gasteiger charge is -2.25. The van der Waals surface area contributed by atoms with Gasteiger partial charge in [-0.2, -0.15) is 0 Å². The normalized spacial score (nSPS) is 15.1. The second-order valence-electron chi connectivity index (χ2n) is 5.12. The largest absolute Gasteiger partial charge is 0.269 e. The summed E-state index contributed by atoms with van der Waals surface area (Å²) in [7, 11) is 0. The Labute approximate surface area is 138 Å². The maximum Gasteiger partial charge on any atom is 0.262 e. The lowest BCUT2D eigenvalue weighted by molar-refractivity contribution is 0.0578. The molecule has 0 bridgehead atoms. The van der Waals surface area contributed by atoms with Crippen LogP contribution in [0.3, 0.4) is 0 Å². The first-order chi connectivity index (χ1) is 10.5. The second-order valence-corrected chi connectivity index (χ2v) is 5.94.